The molecule has 3 N–H and O–H groups in total. The van der Waals surface area contributed by atoms with Crippen molar-refractivity contribution >= 4 is 0 Å². The highest BCUT2D eigenvalue weighted by Crippen LogP contribution is 2.26. The van der Waals surface area contributed by atoms with Gasteiger partial charge in [-0.15, -0.1) is 0 Å². The molecule has 96 valence electrons. The summed E-state index contributed by atoms with van der Waals surface area (Å²) in [7, 11) is 1.72. The molecule has 0 spiro atoms. The van der Waals surface area contributed by atoms with Crippen LogP contribution in [0.3, 0.4) is 0 Å². The molecule has 0 radical (unpaired) electrons. The predicted molar refractivity (Wildman–Crippen MR) is 63.5 cm³/mol. The fourth-order valence-electron chi connectivity index (χ4n) is 1.85. The Morgan fingerprint density at radius 1 is 1.33 bits per heavy atom. The van der Waals surface area contributed by atoms with Gasteiger partial charge in [0.05, 0.1) is 11.7 Å². The Bertz CT molecular complexity index is 565. The molecule has 1 aromatic heterocycles. The zero-order chi connectivity index (χ0) is 13.3. The van der Waals surface area contributed by atoms with Crippen molar-refractivity contribution in [1.29, 1.82) is 0 Å². The molecule has 4 nitrogen and oxygen atoms in total. The minimum absolute atomic E-state index is 0.115. The molecule has 2 aromatic rings. The lowest BCUT2D eigenvalue weighted by Crippen LogP contribution is -2.31. The summed E-state index contributed by atoms with van der Waals surface area (Å²) in [5, 5.41) is 4.11. The average molecular weight is 252 g/mol. The van der Waals surface area contributed by atoms with Gasteiger partial charge in [-0.05, 0) is 24.6 Å². The first-order valence-electron chi connectivity index (χ1n) is 5.44. The molecule has 0 amide bonds. The number of nitrogens with two attached hydrogens (primary N) is 1. The SMILES string of the molecule is Cc1ccc(F)c(C(NN)c2ccn(C)n2)c1F. The molecular weight excluding hydrogens is 238 g/mol. The molecule has 0 saturated heterocycles. The van der Waals surface area contributed by atoms with E-state index in [9.17, 15) is 8.78 Å². The molecular formula is C12H14F2N4. The van der Waals surface area contributed by atoms with E-state index in [1.165, 1.54) is 12.1 Å². The fourth-order valence-corrected chi connectivity index (χ4v) is 1.85. The number of halogens is 2. The van der Waals surface area contributed by atoms with E-state index in [1.807, 2.05) is 0 Å². The van der Waals surface area contributed by atoms with Gasteiger partial charge < -0.3 is 0 Å². The van der Waals surface area contributed by atoms with Crippen molar-refractivity contribution in [3.8, 4) is 0 Å². The van der Waals surface area contributed by atoms with Gasteiger partial charge in [0, 0.05) is 18.8 Å². The van der Waals surface area contributed by atoms with Crippen molar-refractivity contribution < 1.29 is 8.78 Å². The van der Waals surface area contributed by atoms with Crippen molar-refractivity contribution in [2.24, 2.45) is 12.9 Å². The third-order valence-electron chi connectivity index (χ3n) is 2.80. The maximum Gasteiger partial charge on any atom is 0.134 e. The first-order chi connectivity index (χ1) is 8.54. The maximum atomic E-state index is 14.0. The Morgan fingerprint density at radius 3 is 2.61 bits per heavy atom. The number of hydrogen-bond acceptors (Lipinski definition) is 3. The van der Waals surface area contributed by atoms with Crippen LogP contribution in [0.5, 0.6) is 0 Å². The van der Waals surface area contributed by atoms with Crippen LogP contribution >= 0.6 is 0 Å². The predicted octanol–water partition coefficient (Wildman–Crippen LogP) is 1.56. The first-order valence-corrected chi connectivity index (χ1v) is 5.44. The second-order valence-electron chi connectivity index (χ2n) is 4.11. The Labute approximate surface area is 103 Å². The Morgan fingerprint density at radius 2 is 2.06 bits per heavy atom. The van der Waals surface area contributed by atoms with E-state index >= 15 is 0 Å². The van der Waals surface area contributed by atoms with Gasteiger partial charge in [-0.1, -0.05) is 6.07 Å². The lowest BCUT2D eigenvalue weighted by Gasteiger charge is -2.16. The Hall–Kier alpha value is -1.79. The fraction of sp³-hybridized carbons (Fsp3) is 0.250. The number of benzene rings is 1. The lowest BCUT2D eigenvalue weighted by atomic mass is 10.0. The summed E-state index contributed by atoms with van der Waals surface area (Å²) in [4.78, 5) is 0. The summed E-state index contributed by atoms with van der Waals surface area (Å²) < 4.78 is 29.4. The minimum atomic E-state index is -0.814. The molecule has 1 atom stereocenters. The quantitative estimate of drug-likeness (QED) is 0.644. The number of nitrogens with zero attached hydrogens (tertiary/aromatic N) is 2. The molecule has 1 heterocycles. The third kappa shape index (κ3) is 2.12. The van der Waals surface area contributed by atoms with Gasteiger partial charge in [-0.3, -0.25) is 10.5 Å². The van der Waals surface area contributed by atoms with Crippen molar-refractivity contribution in [3.05, 3.63) is 52.9 Å². The molecule has 0 aliphatic carbocycles. The minimum Gasteiger partial charge on any atom is -0.275 e. The standard InChI is InChI=1S/C12H14F2N4/c1-7-3-4-8(13)10(11(7)14)12(16-15)9-5-6-18(2)17-9/h3-6,12,16H,15H2,1-2H3. The largest absolute Gasteiger partial charge is 0.275 e. The zero-order valence-corrected chi connectivity index (χ0v) is 10.1. The summed E-state index contributed by atoms with van der Waals surface area (Å²) in [6, 6.07) is 3.46. The van der Waals surface area contributed by atoms with Gasteiger partial charge in [-0.25, -0.2) is 14.2 Å². The summed E-state index contributed by atoms with van der Waals surface area (Å²) in [6.45, 7) is 1.57. The van der Waals surface area contributed by atoms with Crippen LogP contribution in [0.4, 0.5) is 8.78 Å². The van der Waals surface area contributed by atoms with Crippen LogP contribution < -0.4 is 11.3 Å². The summed E-state index contributed by atoms with van der Waals surface area (Å²) in [6.07, 6.45) is 1.69. The van der Waals surface area contributed by atoms with Crippen molar-refractivity contribution in [3.63, 3.8) is 0 Å². The van der Waals surface area contributed by atoms with Gasteiger partial charge in [0.15, 0.2) is 0 Å². The second kappa shape index (κ2) is 4.83. The number of nitrogens with one attached hydrogen (secondary N) is 1. The van der Waals surface area contributed by atoms with Gasteiger partial charge in [0.2, 0.25) is 0 Å². The van der Waals surface area contributed by atoms with E-state index in [-0.39, 0.29) is 5.56 Å². The molecule has 2 rings (SSSR count). The van der Waals surface area contributed by atoms with Crippen LogP contribution in [0.25, 0.3) is 0 Å². The van der Waals surface area contributed by atoms with E-state index in [0.717, 1.165) is 0 Å². The van der Waals surface area contributed by atoms with Crippen LogP contribution in [0, 0.1) is 18.6 Å². The molecule has 0 bridgehead atoms. The van der Waals surface area contributed by atoms with Crippen LogP contribution in [0.2, 0.25) is 0 Å². The zero-order valence-electron chi connectivity index (χ0n) is 10.1. The molecule has 6 heteroatoms. The van der Waals surface area contributed by atoms with Crippen LogP contribution in [0.1, 0.15) is 22.9 Å². The monoisotopic (exact) mass is 252 g/mol. The molecule has 0 aliphatic rings. The van der Waals surface area contributed by atoms with Crippen LogP contribution in [0.15, 0.2) is 24.4 Å². The molecule has 0 saturated carbocycles. The number of aromatic nitrogens is 2. The van der Waals surface area contributed by atoms with E-state index in [4.69, 9.17) is 5.84 Å². The number of hydrazine groups is 1. The van der Waals surface area contributed by atoms with E-state index in [0.29, 0.717) is 11.3 Å². The number of hydrogen-bond donors (Lipinski definition) is 2. The highest BCUT2D eigenvalue weighted by Gasteiger charge is 2.23. The second-order valence-corrected chi connectivity index (χ2v) is 4.11. The molecule has 0 aliphatic heterocycles. The molecule has 0 fully saturated rings. The highest BCUT2D eigenvalue weighted by atomic mass is 19.1. The maximum absolute atomic E-state index is 14.0. The van der Waals surface area contributed by atoms with E-state index < -0.39 is 17.7 Å². The number of aryl methyl sites for hydroxylation is 2. The normalized spacial score (nSPS) is 12.7. The number of rotatable bonds is 3. The molecule has 1 aromatic carbocycles. The summed E-state index contributed by atoms with van der Waals surface area (Å²) in [5.41, 5.74) is 3.11. The van der Waals surface area contributed by atoms with Crippen molar-refractivity contribution in [1.82, 2.24) is 15.2 Å². The molecule has 1 unspecified atom stereocenters. The van der Waals surface area contributed by atoms with Gasteiger partial charge in [0.25, 0.3) is 0 Å². The Kier molecular flexibility index (Phi) is 3.40. The Balaban J connectivity index is 2.55. The van der Waals surface area contributed by atoms with Crippen molar-refractivity contribution in [2.75, 3.05) is 0 Å². The first kappa shape index (κ1) is 12.7. The highest BCUT2D eigenvalue weighted by molar-refractivity contribution is 5.33. The summed E-state index contributed by atoms with van der Waals surface area (Å²) >= 11 is 0. The van der Waals surface area contributed by atoms with Crippen LogP contribution in [-0.2, 0) is 7.05 Å². The third-order valence-corrected chi connectivity index (χ3v) is 2.80. The van der Waals surface area contributed by atoms with E-state index in [1.54, 1.807) is 30.9 Å². The summed E-state index contributed by atoms with van der Waals surface area (Å²) in [5.74, 6) is 4.15. The van der Waals surface area contributed by atoms with Gasteiger partial charge >= 0.3 is 0 Å². The van der Waals surface area contributed by atoms with Gasteiger partial charge in [-0.2, -0.15) is 5.10 Å². The topological polar surface area (TPSA) is 55.9 Å². The van der Waals surface area contributed by atoms with Gasteiger partial charge in [0.1, 0.15) is 11.6 Å². The van der Waals surface area contributed by atoms with Crippen molar-refractivity contribution in [2.45, 2.75) is 13.0 Å². The smallest absolute Gasteiger partial charge is 0.134 e. The van der Waals surface area contributed by atoms with E-state index in [2.05, 4.69) is 10.5 Å². The van der Waals surface area contributed by atoms with Crippen LogP contribution in [-0.4, -0.2) is 9.78 Å². The lowest BCUT2D eigenvalue weighted by molar-refractivity contribution is 0.498. The average Bonchev–Trinajstić information content (AvgIpc) is 2.76. The molecule has 18 heavy (non-hydrogen) atoms.